The predicted octanol–water partition coefficient (Wildman–Crippen LogP) is -1.84. The van der Waals surface area contributed by atoms with Gasteiger partial charge in [0.25, 0.3) is 0 Å². The van der Waals surface area contributed by atoms with Crippen molar-refractivity contribution < 1.29 is 26.7 Å². The zero-order valence-electron chi connectivity index (χ0n) is 12.8. The molecule has 1 aliphatic rings. The number of rotatable bonds is 6. The van der Waals surface area contributed by atoms with Gasteiger partial charge in [-0.05, 0) is 23.8 Å². The highest BCUT2D eigenvalue weighted by Crippen LogP contribution is 2.12. The summed E-state index contributed by atoms with van der Waals surface area (Å²) >= 11 is 0. The van der Waals surface area contributed by atoms with Gasteiger partial charge in [-0.3, -0.25) is 9.69 Å². The van der Waals surface area contributed by atoms with E-state index < -0.39 is 0 Å². The van der Waals surface area contributed by atoms with E-state index in [1.165, 1.54) is 0 Å². The number of methoxy groups -OCH3 is 1. The van der Waals surface area contributed by atoms with Crippen molar-refractivity contribution >= 4 is 12.0 Å². The fraction of sp³-hybridized carbons (Fsp3) is 0.438. The smallest absolute Gasteiger partial charge is 0.244 e. The van der Waals surface area contributed by atoms with Gasteiger partial charge in [-0.1, -0.05) is 12.1 Å². The molecule has 0 aromatic heterocycles. The Balaban J connectivity index is 0.00000242. The maximum Gasteiger partial charge on any atom is 0.244 e. The summed E-state index contributed by atoms with van der Waals surface area (Å²) in [4.78, 5) is 14.0. The molecule has 2 rings (SSSR count). The summed E-state index contributed by atoms with van der Waals surface area (Å²) < 4.78 is 10.4. The Morgan fingerprint density at radius 2 is 2.00 bits per heavy atom. The van der Waals surface area contributed by atoms with Gasteiger partial charge in [0.05, 0.1) is 20.3 Å². The number of carbonyl (C=O) groups is 1. The Morgan fingerprint density at radius 1 is 1.32 bits per heavy atom. The molecule has 1 heterocycles. The summed E-state index contributed by atoms with van der Waals surface area (Å²) in [5.41, 5.74) is 0.971. The third-order valence-corrected chi connectivity index (χ3v) is 3.37. The van der Waals surface area contributed by atoms with E-state index in [1.54, 1.807) is 19.3 Å². The lowest BCUT2D eigenvalue weighted by molar-refractivity contribution is -0.116. The van der Waals surface area contributed by atoms with Gasteiger partial charge >= 0.3 is 0 Å². The zero-order chi connectivity index (χ0) is 14.9. The van der Waals surface area contributed by atoms with E-state index in [-0.39, 0.29) is 18.3 Å². The normalized spacial score (nSPS) is 15.3. The molecule has 1 aromatic carbocycles. The molecule has 0 radical (unpaired) electrons. The first-order chi connectivity index (χ1) is 10.3. The van der Waals surface area contributed by atoms with Gasteiger partial charge in [0.2, 0.25) is 5.91 Å². The van der Waals surface area contributed by atoms with Crippen LogP contribution >= 0.6 is 0 Å². The molecule has 0 spiro atoms. The number of nitrogens with zero attached hydrogens (tertiary/aromatic N) is 1. The second-order valence-electron chi connectivity index (χ2n) is 4.85. The van der Waals surface area contributed by atoms with Gasteiger partial charge < -0.3 is 27.2 Å². The number of morpholine rings is 1. The quantitative estimate of drug-likeness (QED) is 0.625. The second-order valence-corrected chi connectivity index (χ2v) is 4.85. The van der Waals surface area contributed by atoms with Gasteiger partial charge in [0.1, 0.15) is 5.75 Å². The minimum Gasteiger partial charge on any atom is -1.00 e. The molecule has 0 bridgehead atoms. The fourth-order valence-corrected chi connectivity index (χ4v) is 2.11. The third kappa shape index (κ3) is 6.47. The molecule has 5 nitrogen and oxygen atoms in total. The monoisotopic (exact) mass is 325 g/mol. The highest BCUT2D eigenvalue weighted by Gasteiger charge is 2.09. The Labute approximate surface area is 137 Å². The molecule has 1 aliphatic heterocycles. The molecule has 0 atom stereocenters. The highest BCUT2D eigenvalue weighted by atomic mass is 35.5. The minimum absolute atomic E-state index is 0. The van der Waals surface area contributed by atoms with Crippen LogP contribution in [0.1, 0.15) is 5.56 Å². The zero-order valence-corrected chi connectivity index (χ0v) is 13.5. The summed E-state index contributed by atoms with van der Waals surface area (Å²) in [7, 11) is 1.63. The fourth-order valence-electron chi connectivity index (χ4n) is 2.11. The van der Waals surface area contributed by atoms with Gasteiger partial charge in [-0.15, -0.1) is 0 Å². The number of amides is 1. The van der Waals surface area contributed by atoms with Crippen LogP contribution in [0.4, 0.5) is 0 Å². The van der Waals surface area contributed by atoms with E-state index in [4.69, 9.17) is 9.47 Å². The van der Waals surface area contributed by atoms with Crippen LogP contribution in [-0.2, 0) is 9.53 Å². The molecule has 22 heavy (non-hydrogen) atoms. The molecule has 122 valence electrons. The molecule has 0 unspecified atom stereocenters. The van der Waals surface area contributed by atoms with Crippen molar-refractivity contribution in [3.8, 4) is 5.75 Å². The largest absolute Gasteiger partial charge is 1.00 e. The SMILES string of the molecule is COc1ccc(/C=C/C(=O)NCCN2CCOCC2)cc1.[Cl-]. The number of carbonyl (C=O) groups excluding carboxylic acids is 1. The second kappa shape index (κ2) is 10.2. The minimum atomic E-state index is -0.0703. The average Bonchev–Trinajstić information content (AvgIpc) is 2.54. The van der Waals surface area contributed by atoms with Crippen molar-refractivity contribution in [1.29, 1.82) is 0 Å². The van der Waals surface area contributed by atoms with E-state index in [2.05, 4.69) is 10.2 Å². The summed E-state index contributed by atoms with van der Waals surface area (Å²) in [6, 6.07) is 7.57. The molecule has 1 aromatic rings. The number of ether oxygens (including phenoxy) is 2. The van der Waals surface area contributed by atoms with E-state index in [1.807, 2.05) is 24.3 Å². The Bertz CT molecular complexity index is 471. The first-order valence-corrected chi connectivity index (χ1v) is 7.18. The van der Waals surface area contributed by atoms with E-state index in [0.717, 1.165) is 44.2 Å². The number of hydrogen-bond donors (Lipinski definition) is 1. The molecule has 1 N–H and O–H groups in total. The predicted molar refractivity (Wildman–Crippen MR) is 82.3 cm³/mol. The average molecular weight is 326 g/mol. The van der Waals surface area contributed by atoms with Crippen molar-refractivity contribution in [2.45, 2.75) is 0 Å². The van der Waals surface area contributed by atoms with Crippen molar-refractivity contribution in [2.24, 2.45) is 0 Å². The lowest BCUT2D eigenvalue weighted by Crippen LogP contribution is -3.00. The van der Waals surface area contributed by atoms with Gasteiger partial charge in [-0.2, -0.15) is 0 Å². The van der Waals surface area contributed by atoms with E-state index >= 15 is 0 Å². The Morgan fingerprint density at radius 3 is 2.64 bits per heavy atom. The van der Waals surface area contributed by atoms with Crippen LogP contribution in [0.15, 0.2) is 30.3 Å². The molecule has 0 aliphatic carbocycles. The topological polar surface area (TPSA) is 50.8 Å². The van der Waals surface area contributed by atoms with Crippen molar-refractivity contribution in [3.05, 3.63) is 35.9 Å². The number of benzene rings is 1. The number of nitrogens with one attached hydrogen (secondary N) is 1. The van der Waals surface area contributed by atoms with Crippen LogP contribution in [0, 0.1) is 0 Å². The summed E-state index contributed by atoms with van der Waals surface area (Å²) in [6.07, 6.45) is 3.35. The third-order valence-electron chi connectivity index (χ3n) is 3.37. The maximum atomic E-state index is 11.7. The Hall–Kier alpha value is -1.56. The van der Waals surface area contributed by atoms with Crippen LogP contribution in [0.5, 0.6) is 5.75 Å². The van der Waals surface area contributed by atoms with Gasteiger partial charge in [0, 0.05) is 32.3 Å². The van der Waals surface area contributed by atoms with Crippen LogP contribution in [-0.4, -0.2) is 57.3 Å². The first-order valence-electron chi connectivity index (χ1n) is 7.18. The molecular formula is C16H22ClN2O3-. The molecule has 1 amide bonds. The molecule has 1 fully saturated rings. The molecule has 1 saturated heterocycles. The number of halogens is 1. The standard InChI is InChI=1S/C16H22N2O3.ClH/c1-20-15-5-2-14(3-6-15)4-7-16(19)17-8-9-18-10-12-21-13-11-18;/h2-7H,8-13H2,1H3,(H,17,19);1H/p-1/b7-4+;. The summed E-state index contributed by atoms with van der Waals surface area (Å²) in [6.45, 7) is 4.98. The van der Waals surface area contributed by atoms with Crippen molar-refractivity contribution in [1.82, 2.24) is 10.2 Å². The highest BCUT2D eigenvalue weighted by molar-refractivity contribution is 5.91. The molecular weight excluding hydrogens is 304 g/mol. The van der Waals surface area contributed by atoms with Crippen LogP contribution in [0.2, 0.25) is 0 Å². The summed E-state index contributed by atoms with van der Waals surface area (Å²) in [5, 5.41) is 2.89. The van der Waals surface area contributed by atoms with Crippen molar-refractivity contribution in [3.63, 3.8) is 0 Å². The first kappa shape index (κ1) is 18.5. The van der Waals surface area contributed by atoms with Crippen LogP contribution < -0.4 is 22.5 Å². The number of hydrogen-bond acceptors (Lipinski definition) is 4. The van der Waals surface area contributed by atoms with E-state index in [0.29, 0.717) is 6.54 Å². The van der Waals surface area contributed by atoms with Crippen molar-refractivity contribution in [2.75, 3.05) is 46.5 Å². The summed E-state index contributed by atoms with van der Waals surface area (Å²) in [5.74, 6) is 0.737. The Kier molecular flexibility index (Phi) is 8.58. The molecule has 6 heteroatoms. The lowest BCUT2D eigenvalue weighted by Gasteiger charge is -2.26. The van der Waals surface area contributed by atoms with Gasteiger partial charge in [0.15, 0.2) is 0 Å². The van der Waals surface area contributed by atoms with Crippen LogP contribution in [0.25, 0.3) is 6.08 Å². The maximum absolute atomic E-state index is 11.7. The van der Waals surface area contributed by atoms with E-state index in [9.17, 15) is 4.79 Å². The molecule has 0 saturated carbocycles. The lowest BCUT2D eigenvalue weighted by atomic mass is 10.2. The van der Waals surface area contributed by atoms with Gasteiger partial charge in [-0.25, -0.2) is 0 Å². The van der Waals surface area contributed by atoms with Crippen LogP contribution in [0.3, 0.4) is 0 Å².